The molecular formula is C8H4N6O2. The molecule has 0 atom stereocenters. The number of hydrogen-bond acceptors (Lipinski definition) is 6. The number of nitrogens with zero attached hydrogens (tertiary/aromatic N) is 6. The number of hydrogen-bond donors (Lipinski definition) is 0. The van der Waals surface area contributed by atoms with E-state index in [-0.39, 0.29) is 11.4 Å². The molecule has 0 fully saturated rings. The Bertz CT molecular complexity index is 571. The Morgan fingerprint density at radius 1 is 1.50 bits per heavy atom. The highest BCUT2D eigenvalue weighted by Gasteiger charge is 2.16. The molecule has 8 nitrogen and oxygen atoms in total. The predicted octanol–water partition coefficient (Wildman–Crippen LogP) is 0.442. The molecule has 78 valence electrons. The Hall–Kier alpha value is -2.82. The van der Waals surface area contributed by atoms with E-state index in [0.717, 1.165) is 0 Å². The molecule has 8 heteroatoms. The fourth-order valence-corrected chi connectivity index (χ4v) is 1.13. The SMILES string of the molecule is N#Cc1nc(-n2cncn2)ccc1[N+](=O)[O-]. The number of rotatable bonds is 2. The van der Waals surface area contributed by atoms with E-state index in [1.165, 1.54) is 29.5 Å². The van der Waals surface area contributed by atoms with Gasteiger partial charge in [0.15, 0.2) is 5.82 Å². The average molecular weight is 216 g/mol. The molecule has 0 N–H and O–H groups in total. The van der Waals surface area contributed by atoms with Gasteiger partial charge in [0.2, 0.25) is 5.69 Å². The van der Waals surface area contributed by atoms with Crippen molar-refractivity contribution < 1.29 is 4.92 Å². The molecule has 0 unspecified atom stereocenters. The highest BCUT2D eigenvalue weighted by molar-refractivity contribution is 5.46. The maximum atomic E-state index is 10.6. The molecule has 2 aromatic rings. The first-order valence-corrected chi connectivity index (χ1v) is 4.13. The van der Waals surface area contributed by atoms with Crippen molar-refractivity contribution in [3.63, 3.8) is 0 Å². The third-order valence-corrected chi connectivity index (χ3v) is 1.82. The van der Waals surface area contributed by atoms with E-state index in [0.29, 0.717) is 5.82 Å². The van der Waals surface area contributed by atoms with Crippen molar-refractivity contribution in [1.29, 1.82) is 5.26 Å². The van der Waals surface area contributed by atoms with Crippen LogP contribution in [-0.2, 0) is 0 Å². The zero-order valence-corrected chi connectivity index (χ0v) is 7.81. The summed E-state index contributed by atoms with van der Waals surface area (Å²) in [6.45, 7) is 0. The van der Waals surface area contributed by atoms with E-state index >= 15 is 0 Å². The second-order valence-corrected chi connectivity index (χ2v) is 2.75. The van der Waals surface area contributed by atoms with Crippen LogP contribution in [0.1, 0.15) is 5.69 Å². The second-order valence-electron chi connectivity index (χ2n) is 2.75. The highest BCUT2D eigenvalue weighted by Crippen LogP contribution is 2.16. The van der Waals surface area contributed by atoms with Crippen LogP contribution in [0.5, 0.6) is 0 Å². The van der Waals surface area contributed by atoms with Crippen molar-refractivity contribution in [3.05, 3.63) is 40.6 Å². The number of nitriles is 1. The molecule has 2 aromatic heterocycles. The third-order valence-electron chi connectivity index (χ3n) is 1.82. The summed E-state index contributed by atoms with van der Waals surface area (Å²) in [5.74, 6) is 0.305. The summed E-state index contributed by atoms with van der Waals surface area (Å²) in [6, 6.07) is 4.27. The summed E-state index contributed by atoms with van der Waals surface area (Å²) in [4.78, 5) is 17.4. The quantitative estimate of drug-likeness (QED) is 0.532. The van der Waals surface area contributed by atoms with Gasteiger partial charge in [-0.15, -0.1) is 0 Å². The first kappa shape index (κ1) is 9.72. The minimum atomic E-state index is -0.656. The van der Waals surface area contributed by atoms with Gasteiger partial charge in [0.05, 0.1) is 4.92 Å². The van der Waals surface area contributed by atoms with E-state index in [9.17, 15) is 10.1 Å². The van der Waals surface area contributed by atoms with Crippen LogP contribution >= 0.6 is 0 Å². The molecular weight excluding hydrogens is 212 g/mol. The maximum Gasteiger partial charge on any atom is 0.305 e. The van der Waals surface area contributed by atoms with Crippen molar-refractivity contribution in [2.24, 2.45) is 0 Å². The van der Waals surface area contributed by atoms with Gasteiger partial charge in [-0.25, -0.2) is 14.6 Å². The summed E-state index contributed by atoms with van der Waals surface area (Å²) in [7, 11) is 0. The smallest absolute Gasteiger partial charge is 0.258 e. The molecule has 0 saturated heterocycles. The molecule has 0 spiro atoms. The first-order chi connectivity index (χ1) is 7.72. The molecule has 0 aliphatic carbocycles. The van der Waals surface area contributed by atoms with Crippen LogP contribution in [-0.4, -0.2) is 24.7 Å². The molecule has 0 saturated carbocycles. The van der Waals surface area contributed by atoms with Crippen molar-refractivity contribution in [2.75, 3.05) is 0 Å². The van der Waals surface area contributed by atoms with Gasteiger partial charge in [-0.3, -0.25) is 10.1 Å². The number of nitro groups is 1. The van der Waals surface area contributed by atoms with Crippen LogP contribution < -0.4 is 0 Å². The minimum Gasteiger partial charge on any atom is -0.258 e. The van der Waals surface area contributed by atoms with E-state index in [1.807, 2.05) is 0 Å². The van der Waals surface area contributed by atoms with Crippen LogP contribution in [0.25, 0.3) is 5.82 Å². The Morgan fingerprint density at radius 3 is 2.88 bits per heavy atom. The first-order valence-electron chi connectivity index (χ1n) is 4.13. The van der Waals surface area contributed by atoms with Gasteiger partial charge >= 0.3 is 5.69 Å². The monoisotopic (exact) mass is 216 g/mol. The summed E-state index contributed by atoms with van der Waals surface area (Å²) in [5.41, 5.74) is -0.579. The van der Waals surface area contributed by atoms with Gasteiger partial charge in [-0.1, -0.05) is 0 Å². The fourth-order valence-electron chi connectivity index (χ4n) is 1.13. The standard InChI is InChI=1S/C8H4N6O2/c9-3-6-7(14(15)16)1-2-8(12-6)13-5-10-4-11-13/h1-2,4-5H. The third kappa shape index (κ3) is 1.57. The van der Waals surface area contributed by atoms with Crippen LogP contribution in [0.3, 0.4) is 0 Å². The summed E-state index contributed by atoms with van der Waals surface area (Å²) in [5, 5.41) is 23.1. The maximum absolute atomic E-state index is 10.6. The molecule has 2 rings (SSSR count). The van der Waals surface area contributed by atoms with Gasteiger partial charge in [-0.05, 0) is 6.07 Å². The molecule has 0 aliphatic rings. The van der Waals surface area contributed by atoms with Crippen LogP contribution in [0, 0.1) is 21.4 Å². The largest absolute Gasteiger partial charge is 0.305 e. The van der Waals surface area contributed by atoms with Gasteiger partial charge < -0.3 is 0 Å². The molecule has 0 aliphatic heterocycles. The van der Waals surface area contributed by atoms with E-state index in [1.54, 1.807) is 6.07 Å². The van der Waals surface area contributed by atoms with Crippen molar-refractivity contribution in [1.82, 2.24) is 19.7 Å². The predicted molar refractivity (Wildman–Crippen MR) is 50.5 cm³/mol. The van der Waals surface area contributed by atoms with Gasteiger partial charge in [0.1, 0.15) is 18.7 Å². The summed E-state index contributed by atoms with van der Waals surface area (Å²) in [6.07, 6.45) is 2.68. The number of pyridine rings is 1. The Morgan fingerprint density at radius 2 is 2.31 bits per heavy atom. The van der Waals surface area contributed by atoms with E-state index in [2.05, 4.69) is 15.1 Å². The second kappa shape index (κ2) is 3.74. The van der Waals surface area contributed by atoms with E-state index < -0.39 is 4.92 Å². The molecule has 16 heavy (non-hydrogen) atoms. The summed E-state index contributed by atoms with van der Waals surface area (Å²) >= 11 is 0. The Labute approximate surface area is 88.9 Å². The zero-order chi connectivity index (χ0) is 11.5. The average Bonchev–Trinajstić information content (AvgIpc) is 2.81. The van der Waals surface area contributed by atoms with Crippen LogP contribution in [0.4, 0.5) is 5.69 Å². The van der Waals surface area contributed by atoms with Crippen LogP contribution in [0.2, 0.25) is 0 Å². The lowest BCUT2D eigenvalue weighted by molar-refractivity contribution is -0.385. The summed E-state index contributed by atoms with van der Waals surface area (Å²) < 4.78 is 1.31. The highest BCUT2D eigenvalue weighted by atomic mass is 16.6. The Balaban J connectivity index is 2.54. The minimum absolute atomic E-state index is 0.252. The zero-order valence-electron chi connectivity index (χ0n) is 7.81. The molecule has 0 bridgehead atoms. The lowest BCUT2D eigenvalue weighted by atomic mass is 10.3. The number of aromatic nitrogens is 4. The van der Waals surface area contributed by atoms with Gasteiger partial charge in [0, 0.05) is 6.07 Å². The molecule has 0 amide bonds. The normalized spacial score (nSPS) is 9.69. The van der Waals surface area contributed by atoms with Crippen LogP contribution in [0.15, 0.2) is 24.8 Å². The van der Waals surface area contributed by atoms with Gasteiger partial charge in [0.25, 0.3) is 0 Å². The Kier molecular flexibility index (Phi) is 2.27. The topological polar surface area (TPSA) is 111 Å². The van der Waals surface area contributed by atoms with Crippen molar-refractivity contribution in [3.8, 4) is 11.9 Å². The van der Waals surface area contributed by atoms with Crippen molar-refractivity contribution >= 4 is 5.69 Å². The fraction of sp³-hybridized carbons (Fsp3) is 0. The lowest BCUT2D eigenvalue weighted by Gasteiger charge is -1.99. The molecule has 0 radical (unpaired) electrons. The van der Waals surface area contributed by atoms with Gasteiger partial charge in [-0.2, -0.15) is 10.4 Å². The lowest BCUT2D eigenvalue weighted by Crippen LogP contribution is -2.02. The molecule has 0 aromatic carbocycles. The molecule has 2 heterocycles. The van der Waals surface area contributed by atoms with Crippen molar-refractivity contribution in [2.45, 2.75) is 0 Å². The van der Waals surface area contributed by atoms with E-state index in [4.69, 9.17) is 5.26 Å².